The molecule has 0 bridgehead atoms. The van der Waals surface area contributed by atoms with Crippen molar-refractivity contribution in [3.05, 3.63) is 35.9 Å². The van der Waals surface area contributed by atoms with Crippen LogP contribution in [0.3, 0.4) is 0 Å². The Morgan fingerprint density at radius 3 is 2.48 bits per heavy atom. The van der Waals surface area contributed by atoms with Gasteiger partial charge in [-0.1, -0.05) is 37.3 Å². The zero-order chi connectivity index (χ0) is 17.0. The van der Waals surface area contributed by atoms with Crippen LogP contribution < -0.4 is 0 Å². The Labute approximate surface area is 137 Å². The van der Waals surface area contributed by atoms with E-state index in [4.69, 9.17) is 9.47 Å². The lowest BCUT2D eigenvalue weighted by molar-refractivity contribution is -0.161. The molecule has 126 valence electrons. The van der Waals surface area contributed by atoms with E-state index in [1.807, 2.05) is 58.0 Å². The van der Waals surface area contributed by atoms with Gasteiger partial charge < -0.3 is 9.47 Å². The number of nitrogens with zero attached hydrogens (tertiary/aromatic N) is 1. The third kappa shape index (κ3) is 4.71. The molecule has 0 saturated carbocycles. The third-order valence-corrected chi connectivity index (χ3v) is 3.79. The maximum absolute atomic E-state index is 12.4. The maximum atomic E-state index is 12.4. The molecule has 0 N–H and O–H groups in total. The van der Waals surface area contributed by atoms with Gasteiger partial charge in [0.15, 0.2) is 0 Å². The number of amides is 1. The van der Waals surface area contributed by atoms with E-state index in [0.29, 0.717) is 6.54 Å². The van der Waals surface area contributed by atoms with Crippen molar-refractivity contribution in [2.75, 3.05) is 6.54 Å². The first-order valence-corrected chi connectivity index (χ1v) is 7.98. The highest BCUT2D eigenvalue weighted by molar-refractivity contribution is 5.82. The topological polar surface area (TPSA) is 55.8 Å². The van der Waals surface area contributed by atoms with Crippen molar-refractivity contribution >= 4 is 12.1 Å². The first kappa shape index (κ1) is 17.3. The van der Waals surface area contributed by atoms with Crippen LogP contribution >= 0.6 is 0 Å². The largest absolute Gasteiger partial charge is 0.458 e. The minimum Gasteiger partial charge on any atom is -0.458 e. The van der Waals surface area contributed by atoms with Gasteiger partial charge in [0.1, 0.15) is 18.2 Å². The molecule has 0 unspecified atom stereocenters. The number of hydrogen-bond donors (Lipinski definition) is 0. The summed E-state index contributed by atoms with van der Waals surface area (Å²) in [6.45, 7) is 8.14. The predicted octanol–water partition coefficient (Wildman–Crippen LogP) is 3.38. The quantitative estimate of drug-likeness (QED) is 0.802. The molecule has 1 heterocycles. The highest BCUT2D eigenvalue weighted by Crippen LogP contribution is 2.27. The zero-order valence-corrected chi connectivity index (χ0v) is 14.2. The first-order valence-electron chi connectivity index (χ1n) is 7.98. The molecule has 1 aliphatic rings. The van der Waals surface area contributed by atoms with Gasteiger partial charge in [0.05, 0.1) is 0 Å². The fraction of sp³-hybridized carbons (Fsp3) is 0.556. The molecule has 1 aromatic rings. The second kappa shape index (κ2) is 7.02. The Morgan fingerprint density at radius 2 is 1.87 bits per heavy atom. The molecule has 1 aromatic carbocycles. The molecule has 0 spiro atoms. The average Bonchev–Trinajstić information content (AvgIpc) is 2.86. The van der Waals surface area contributed by atoms with Gasteiger partial charge in [0.2, 0.25) is 0 Å². The standard InChI is InChI=1S/C18H25NO4/c1-13-10-11-19(15(13)16(20)23-18(2,3)4)17(21)22-12-14-8-6-5-7-9-14/h5-9,13,15H,10-12H2,1-4H3/t13-,15-/m0/s1. The second-order valence-corrected chi connectivity index (χ2v) is 6.98. The molecule has 5 nitrogen and oxygen atoms in total. The number of carbonyl (C=O) groups excluding carboxylic acids is 2. The van der Waals surface area contributed by atoms with Crippen molar-refractivity contribution in [2.45, 2.75) is 52.4 Å². The molecule has 1 saturated heterocycles. The lowest BCUT2D eigenvalue weighted by Gasteiger charge is -2.28. The van der Waals surface area contributed by atoms with Gasteiger partial charge in [0, 0.05) is 6.54 Å². The van der Waals surface area contributed by atoms with E-state index < -0.39 is 17.7 Å². The lowest BCUT2D eigenvalue weighted by Crippen LogP contribution is -2.45. The minimum absolute atomic E-state index is 0.0640. The summed E-state index contributed by atoms with van der Waals surface area (Å²) in [6, 6.07) is 8.91. The van der Waals surface area contributed by atoms with Crippen molar-refractivity contribution in [1.29, 1.82) is 0 Å². The van der Waals surface area contributed by atoms with Crippen LogP contribution in [0.15, 0.2) is 30.3 Å². The number of ether oxygens (including phenoxy) is 2. The van der Waals surface area contributed by atoms with Gasteiger partial charge in [-0.25, -0.2) is 9.59 Å². The summed E-state index contributed by atoms with van der Waals surface area (Å²) in [4.78, 5) is 26.2. The van der Waals surface area contributed by atoms with Crippen molar-refractivity contribution < 1.29 is 19.1 Å². The molecule has 2 rings (SSSR count). The van der Waals surface area contributed by atoms with Gasteiger partial charge >= 0.3 is 12.1 Å². The smallest absolute Gasteiger partial charge is 0.410 e. The number of likely N-dealkylation sites (tertiary alicyclic amines) is 1. The SMILES string of the molecule is C[C@H]1CCN(C(=O)OCc2ccccc2)[C@@H]1C(=O)OC(C)(C)C. The zero-order valence-electron chi connectivity index (χ0n) is 14.2. The lowest BCUT2D eigenvalue weighted by atomic mass is 10.0. The van der Waals surface area contributed by atoms with E-state index in [1.165, 1.54) is 4.90 Å². The van der Waals surface area contributed by atoms with Crippen LogP contribution in [0, 0.1) is 5.92 Å². The second-order valence-electron chi connectivity index (χ2n) is 6.98. The highest BCUT2D eigenvalue weighted by atomic mass is 16.6. The Balaban J connectivity index is 1.99. The molecular formula is C18H25NO4. The summed E-state index contributed by atoms with van der Waals surface area (Å²) in [5.41, 5.74) is 0.348. The van der Waals surface area contributed by atoms with E-state index in [9.17, 15) is 9.59 Å². The first-order chi connectivity index (χ1) is 10.8. The Bertz CT molecular complexity index is 550. The number of esters is 1. The fourth-order valence-corrected chi connectivity index (χ4v) is 2.68. The molecule has 0 aromatic heterocycles. The Kier molecular flexibility index (Phi) is 5.29. The van der Waals surface area contributed by atoms with Crippen LogP contribution in [0.4, 0.5) is 4.79 Å². The molecular weight excluding hydrogens is 294 g/mol. The fourth-order valence-electron chi connectivity index (χ4n) is 2.68. The molecule has 1 aliphatic heterocycles. The number of hydrogen-bond acceptors (Lipinski definition) is 4. The summed E-state index contributed by atoms with van der Waals surface area (Å²) >= 11 is 0. The van der Waals surface area contributed by atoms with E-state index in [0.717, 1.165) is 12.0 Å². The van der Waals surface area contributed by atoms with Gasteiger partial charge in [-0.3, -0.25) is 4.90 Å². The van der Waals surface area contributed by atoms with Crippen molar-refractivity contribution in [2.24, 2.45) is 5.92 Å². The van der Waals surface area contributed by atoms with E-state index >= 15 is 0 Å². The Hall–Kier alpha value is -2.04. The van der Waals surface area contributed by atoms with Gasteiger partial charge in [-0.15, -0.1) is 0 Å². The van der Waals surface area contributed by atoms with Crippen molar-refractivity contribution in [1.82, 2.24) is 4.90 Å². The van der Waals surface area contributed by atoms with Crippen LogP contribution in [0.1, 0.15) is 39.7 Å². The summed E-state index contributed by atoms with van der Waals surface area (Å²) in [5.74, 6) is -0.298. The average molecular weight is 319 g/mol. The van der Waals surface area contributed by atoms with Crippen LogP contribution in [0.25, 0.3) is 0 Å². The third-order valence-electron chi connectivity index (χ3n) is 3.79. The molecule has 2 atom stereocenters. The molecule has 1 fully saturated rings. The van der Waals surface area contributed by atoms with Crippen LogP contribution in [0.2, 0.25) is 0 Å². The van der Waals surface area contributed by atoms with E-state index in [1.54, 1.807) is 0 Å². The molecule has 0 aliphatic carbocycles. The normalized spacial score (nSPS) is 21.1. The van der Waals surface area contributed by atoms with Gasteiger partial charge in [0.25, 0.3) is 0 Å². The summed E-state index contributed by atoms with van der Waals surface area (Å²) in [6.07, 6.45) is 0.304. The highest BCUT2D eigenvalue weighted by Gasteiger charge is 2.42. The summed E-state index contributed by atoms with van der Waals surface area (Å²) in [5, 5.41) is 0. The molecule has 0 radical (unpaired) electrons. The van der Waals surface area contributed by atoms with Crippen LogP contribution in [-0.4, -0.2) is 35.2 Å². The monoisotopic (exact) mass is 319 g/mol. The maximum Gasteiger partial charge on any atom is 0.410 e. The van der Waals surface area contributed by atoms with Crippen LogP contribution in [-0.2, 0) is 20.9 Å². The van der Waals surface area contributed by atoms with Gasteiger partial charge in [-0.2, -0.15) is 0 Å². The van der Waals surface area contributed by atoms with Crippen LogP contribution in [0.5, 0.6) is 0 Å². The summed E-state index contributed by atoms with van der Waals surface area (Å²) < 4.78 is 10.8. The van der Waals surface area contributed by atoms with E-state index in [2.05, 4.69) is 0 Å². The van der Waals surface area contributed by atoms with E-state index in [-0.39, 0.29) is 18.5 Å². The number of rotatable bonds is 3. The predicted molar refractivity (Wildman–Crippen MR) is 86.7 cm³/mol. The van der Waals surface area contributed by atoms with Crippen molar-refractivity contribution in [3.63, 3.8) is 0 Å². The molecule has 1 amide bonds. The van der Waals surface area contributed by atoms with Gasteiger partial charge in [-0.05, 0) is 38.7 Å². The summed E-state index contributed by atoms with van der Waals surface area (Å²) in [7, 11) is 0. The minimum atomic E-state index is -0.572. The van der Waals surface area contributed by atoms with Crippen molar-refractivity contribution in [3.8, 4) is 0 Å². The number of carbonyl (C=O) groups is 2. The number of benzene rings is 1. The molecule has 23 heavy (non-hydrogen) atoms. The molecule has 5 heteroatoms. The Morgan fingerprint density at radius 1 is 1.22 bits per heavy atom.